The van der Waals surface area contributed by atoms with Crippen LogP contribution in [0.15, 0.2) is 52.9 Å². The van der Waals surface area contributed by atoms with E-state index in [1.54, 1.807) is 25.7 Å². The Labute approximate surface area is 173 Å². The lowest BCUT2D eigenvalue weighted by molar-refractivity contribution is -0.137. The number of rotatable bonds is 5. The Balaban J connectivity index is 1.74. The van der Waals surface area contributed by atoms with Gasteiger partial charge in [0.2, 0.25) is 0 Å². The third-order valence-electron chi connectivity index (χ3n) is 5.02. The number of halogens is 3. The topological polar surface area (TPSA) is 70.6 Å². The molecule has 1 aromatic carbocycles. The van der Waals surface area contributed by atoms with Crippen LogP contribution in [0.25, 0.3) is 11.3 Å². The second-order valence-corrected chi connectivity index (χ2v) is 7.16. The Bertz CT molecular complexity index is 909. The molecule has 0 spiro atoms. The van der Waals surface area contributed by atoms with Gasteiger partial charge in [-0.15, -0.1) is 0 Å². The Morgan fingerprint density at radius 3 is 2.30 bits per heavy atom. The van der Waals surface area contributed by atoms with Crippen molar-refractivity contribution in [3.05, 3.63) is 53.5 Å². The normalized spacial score (nSPS) is 16.8. The first-order chi connectivity index (χ1) is 14.3. The number of nitrogens with zero attached hydrogens (tertiary/aromatic N) is 5. The van der Waals surface area contributed by atoms with E-state index in [2.05, 4.69) is 24.8 Å². The summed E-state index contributed by atoms with van der Waals surface area (Å²) in [6.45, 7) is 5.65. The fourth-order valence-electron chi connectivity index (χ4n) is 3.36. The van der Waals surface area contributed by atoms with E-state index in [1.807, 2.05) is 6.92 Å². The fraction of sp³-hybridized carbons (Fsp3) is 0.381. The molecule has 0 unspecified atom stereocenters. The van der Waals surface area contributed by atoms with Gasteiger partial charge in [0.1, 0.15) is 5.69 Å². The fourth-order valence-corrected chi connectivity index (χ4v) is 3.36. The average molecular weight is 418 g/mol. The van der Waals surface area contributed by atoms with Crippen molar-refractivity contribution in [2.75, 3.05) is 44.7 Å². The van der Waals surface area contributed by atoms with E-state index in [9.17, 15) is 13.2 Å². The number of nitrogens with two attached hydrogens (primary N) is 1. The van der Waals surface area contributed by atoms with Crippen molar-refractivity contribution in [1.82, 2.24) is 14.9 Å². The standard InChI is InChI=1S/C21H25F3N6/c1-15(25)17(13-26-2)14-29-9-11-30(12-10-29)20-19(27-7-8-28-20)16-3-5-18(6-4-16)21(22,23)24/h3-8,13H,9-12,14,25H2,1-2H3/b17-15+,26-13?. The van der Waals surface area contributed by atoms with Gasteiger partial charge in [-0.25, -0.2) is 4.98 Å². The Kier molecular flexibility index (Phi) is 6.71. The van der Waals surface area contributed by atoms with Crippen molar-refractivity contribution in [2.24, 2.45) is 10.7 Å². The van der Waals surface area contributed by atoms with Crippen LogP contribution in [0.1, 0.15) is 12.5 Å². The van der Waals surface area contributed by atoms with E-state index in [1.165, 1.54) is 12.1 Å². The van der Waals surface area contributed by atoms with Gasteiger partial charge < -0.3 is 10.6 Å². The Morgan fingerprint density at radius 2 is 1.73 bits per heavy atom. The van der Waals surface area contributed by atoms with Crippen LogP contribution in [0.4, 0.5) is 19.0 Å². The molecular formula is C21H25F3N6. The highest BCUT2D eigenvalue weighted by atomic mass is 19.4. The van der Waals surface area contributed by atoms with Gasteiger partial charge in [-0.1, -0.05) is 12.1 Å². The van der Waals surface area contributed by atoms with Crippen LogP contribution in [-0.4, -0.2) is 60.9 Å². The lowest BCUT2D eigenvalue weighted by Gasteiger charge is -2.36. The van der Waals surface area contributed by atoms with E-state index in [0.717, 1.165) is 56.1 Å². The third kappa shape index (κ3) is 5.15. The molecule has 0 radical (unpaired) electrons. The lowest BCUT2D eigenvalue weighted by Crippen LogP contribution is -2.47. The summed E-state index contributed by atoms with van der Waals surface area (Å²) in [6, 6.07) is 5.03. The molecule has 0 bridgehead atoms. The van der Waals surface area contributed by atoms with Crippen molar-refractivity contribution in [1.29, 1.82) is 0 Å². The zero-order valence-electron chi connectivity index (χ0n) is 17.0. The molecule has 2 aromatic rings. The highest BCUT2D eigenvalue weighted by Crippen LogP contribution is 2.32. The predicted octanol–water partition coefficient (Wildman–Crippen LogP) is 3.22. The van der Waals surface area contributed by atoms with Gasteiger partial charge >= 0.3 is 6.18 Å². The minimum atomic E-state index is -4.36. The maximum atomic E-state index is 12.9. The molecule has 1 fully saturated rings. The predicted molar refractivity (Wildman–Crippen MR) is 112 cm³/mol. The number of aliphatic imine (C=N–C) groups is 1. The van der Waals surface area contributed by atoms with Gasteiger partial charge in [0.15, 0.2) is 5.82 Å². The number of anilines is 1. The molecule has 0 aliphatic carbocycles. The van der Waals surface area contributed by atoms with Gasteiger partial charge in [0.25, 0.3) is 0 Å². The zero-order chi connectivity index (χ0) is 21.7. The highest BCUT2D eigenvalue weighted by Gasteiger charge is 2.30. The molecule has 1 aliphatic rings. The van der Waals surface area contributed by atoms with Crippen LogP contribution in [0.3, 0.4) is 0 Å². The second kappa shape index (κ2) is 9.25. The maximum Gasteiger partial charge on any atom is 0.416 e. The summed E-state index contributed by atoms with van der Waals surface area (Å²) in [7, 11) is 1.72. The first kappa shape index (κ1) is 21.8. The van der Waals surface area contributed by atoms with Crippen LogP contribution in [0.2, 0.25) is 0 Å². The van der Waals surface area contributed by atoms with Crippen LogP contribution in [-0.2, 0) is 6.18 Å². The molecule has 2 N–H and O–H groups in total. The number of piperazine rings is 1. The SMILES string of the molecule is CN=C/C(CN1CCN(c2nccnc2-c2ccc(C(F)(F)F)cc2)CC1)=C(/C)N. The van der Waals surface area contributed by atoms with Crippen molar-refractivity contribution < 1.29 is 13.2 Å². The van der Waals surface area contributed by atoms with E-state index >= 15 is 0 Å². The van der Waals surface area contributed by atoms with Gasteiger partial charge in [-0.05, 0) is 19.1 Å². The second-order valence-electron chi connectivity index (χ2n) is 7.16. The number of hydrogen-bond acceptors (Lipinski definition) is 6. The first-order valence-electron chi connectivity index (χ1n) is 9.63. The summed E-state index contributed by atoms with van der Waals surface area (Å²) < 4.78 is 38.6. The number of alkyl halides is 3. The molecule has 0 amide bonds. The van der Waals surface area contributed by atoms with Crippen molar-refractivity contribution in [3.8, 4) is 11.3 Å². The summed E-state index contributed by atoms with van der Waals surface area (Å²) in [5, 5.41) is 0. The van der Waals surface area contributed by atoms with E-state index in [4.69, 9.17) is 5.73 Å². The maximum absolute atomic E-state index is 12.9. The number of allylic oxidation sites excluding steroid dienone is 1. The smallest absolute Gasteiger partial charge is 0.402 e. The van der Waals surface area contributed by atoms with Crippen molar-refractivity contribution in [3.63, 3.8) is 0 Å². The average Bonchev–Trinajstić information content (AvgIpc) is 2.73. The molecule has 6 nitrogen and oxygen atoms in total. The first-order valence-corrected chi connectivity index (χ1v) is 9.63. The van der Waals surface area contributed by atoms with Crippen LogP contribution in [0, 0.1) is 0 Å². The molecule has 1 aliphatic heterocycles. The summed E-state index contributed by atoms with van der Waals surface area (Å²) in [4.78, 5) is 17.3. The number of hydrogen-bond donors (Lipinski definition) is 1. The van der Waals surface area contributed by atoms with Crippen LogP contribution in [0.5, 0.6) is 0 Å². The number of aromatic nitrogens is 2. The highest BCUT2D eigenvalue weighted by molar-refractivity contribution is 5.79. The largest absolute Gasteiger partial charge is 0.416 e. The zero-order valence-corrected chi connectivity index (χ0v) is 17.0. The van der Waals surface area contributed by atoms with E-state index in [-0.39, 0.29) is 0 Å². The van der Waals surface area contributed by atoms with Crippen LogP contribution < -0.4 is 10.6 Å². The molecule has 30 heavy (non-hydrogen) atoms. The molecule has 2 heterocycles. The minimum absolute atomic E-state index is 0.580. The minimum Gasteiger partial charge on any atom is -0.402 e. The number of benzene rings is 1. The molecule has 9 heteroatoms. The van der Waals surface area contributed by atoms with E-state index < -0.39 is 11.7 Å². The van der Waals surface area contributed by atoms with Crippen LogP contribution >= 0.6 is 0 Å². The monoisotopic (exact) mass is 418 g/mol. The van der Waals surface area contributed by atoms with E-state index in [0.29, 0.717) is 17.1 Å². The molecular weight excluding hydrogens is 393 g/mol. The van der Waals surface area contributed by atoms with Gasteiger partial charge in [-0.3, -0.25) is 14.9 Å². The Morgan fingerprint density at radius 1 is 1.10 bits per heavy atom. The van der Waals surface area contributed by atoms with Gasteiger partial charge in [-0.2, -0.15) is 13.2 Å². The summed E-state index contributed by atoms with van der Waals surface area (Å²) in [5.41, 5.74) is 8.20. The van der Waals surface area contributed by atoms with Crippen molar-refractivity contribution >= 4 is 12.0 Å². The molecule has 160 valence electrons. The lowest BCUT2D eigenvalue weighted by atomic mass is 10.1. The molecule has 0 saturated carbocycles. The summed E-state index contributed by atoms with van der Waals surface area (Å²) >= 11 is 0. The molecule has 1 saturated heterocycles. The Hall–Kier alpha value is -2.94. The molecule has 0 atom stereocenters. The van der Waals surface area contributed by atoms with Crippen molar-refractivity contribution in [2.45, 2.75) is 13.1 Å². The summed E-state index contributed by atoms with van der Waals surface area (Å²) in [6.07, 6.45) is 0.578. The van der Waals surface area contributed by atoms with Gasteiger partial charge in [0.05, 0.1) is 5.56 Å². The molecule has 3 rings (SSSR count). The quantitative estimate of drug-likeness (QED) is 0.755. The van der Waals surface area contributed by atoms with Gasteiger partial charge in [0, 0.05) is 75.2 Å². The summed E-state index contributed by atoms with van der Waals surface area (Å²) in [5.74, 6) is 0.679. The molecule has 1 aromatic heterocycles. The third-order valence-corrected chi connectivity index (χ3v) is 5.02.